The van der Waals surface area contributed by atoms with E-state index in [4.69, 9.17) is 16.0 Å². The number of carbonyl (C=O) groups excluding carboxylic acids is 1. The normalized spacial score (nSPS) is 10.6. The number of hydrogen-bond donors (Lipinski definition) is 1. The lowest BCUT2D eigenvalue weighted by molar-refractivity contribution is 0.102. The summed E-state index contributed by atoms with van der Waals surface area (Å²) in [5, 5.41) is 10.3. The predicted molar refractivity (Wildman–Crippen MR) is 88.8 cm³/mol. The summed E-state index contributed by atoms with van der Waals surface area (Å²) in [6.45, 7) is 0. The van der Waals surface area contributed by atoms with Crippen molar-refractivity contribution in [2.24, 2.45) is 0 Å². The molecule has 0 fully saturated rings. The van der Waals surface area contributed by atoms with Crippen LogP contribution in [0.3, 0.4) is 0 Å². The molecule has 0 atom stereocenters. The summed E-state index contributed by atoms with van der Waals surface area (Å²) in [7, 11) is 0. The largest absolute Gasteiger partial charge is 0.403 e. The number of rotatable bonds is 4. The van der Waals surface area contributed by atoms with Crippen LogP contribution in [0.15, 0.2) is 45.7 Å². The molecule has 3 aromatic rings. The molecular weight excluding hydrogens is 342 g/mol. The molecule has 1 N–H and O–H groups in total. The van der Waals surface area contributed by atoms with E-state index in [2.05, 4.69) is 15.5 Å². The lowest BCUT2D eigenvalue weighted by Crippen LogP contribution is -2.10. The second kappa shape index (κ2) is 6.51. The third-order valence-electron chi connectivity index (χ3n) is 2.78. The molecule has 5 nitrogen and oxygen atoms in total. The van der Waals surface area contributed by atoms with Gasteiger partial charge in [0.05, 0.1) is 9.21 Å². The van der Waals surface area contributed by atoms with Gasteiger partial charge in [-0.25, -0.2) is 0 Å². The first-order chi connectivity index (χ1) is 10.7. The molecule has 2 aromatic heterocycles. The molecule has 0 saturated heterocycles. The van der Waals surface area contributed by atoms with E-state index in [-0.39, 0.29) is 11.9 Å². The van der Waals surface area contributed by atoms with Gasteiger partial charge < -0.3 is 4.42 Å². The molecule has 0 aliphatic carbocycles. The number of amides is 1. The number of hydrogen-bond acceptors (Lipinski definition) is 6. The third-order valence-corrected chi connectivity index (χ3v) is 4.75. The van der Waals surface area contributed by atoms with Crippen molar-refractivity contribution in [2.45, 2.75) is 4.90 Å². The van der Waals surface area contributed by atoms with Gasteiger partial charge in [-0.2, -0.15) is 0 Å². The zero-order valence-electron chi connectivity index (χ0n) is 11.4. The zero-order valence-corrected chi connectivity index (χ0v) is 13.8. The Morgan fingerprint density at radius 1 is 1.23 bits per heavy atom. The lowest BCUT2D eigenvalue weighted by atomic mass is 10.2. The Bertz CT molecular complexity index is 799. The first kappa shape index (κ1) is 15.1. The fourth-order valence-corrected chi connectivity index (χ4v) is 3.07. The summed E-state index contributed by atoms with van der Waals surface area (Å²) in [4.78, 5) is 13.6. The van der Waals surface area contributed by atoms with Crippen LogP contribution < -0.4 is 5.32 Å². The minimum absolute atomic E-state index is 0.0541. The molecule has 0 spiro atoms. The smallest absolute Gasteiger partial charge is 0.322 e. The van der Waals surface area contributed by atoms with Crippen molar-refractivity contribution in [1.29, 1.82) is 0 Å². The molecule has 0 saturated carbocycles. The standard InChI is InChI=1S/C14H10ClN3O2S2/c1-21-9-4-2-8(3-5-9)13-17-18-14(20-13)16-12(19)10-6-7-11(15)22-10/h2-7H,1H3,(H,16,18,19). The second-order valence-corrected chi connectivity index (χ2v) is 6.79. The Morgan fingerprint density at radius 3 is 2.64 bits per heavy atom. The van der Waals surface area contributed by atoms with Crippen LogP contribution in [0.4, 0.5) is 6.01 Å². The quantitative estimate of drug-likeness (QED) is 0.704. The van der Waals surface area contributed by atoms with Gasteiger partial charge in [0.15, 0.2) is 0 Å². The van der Waals surface area contributed by atoms with Gasteiger partial charge in [-0.3, -0.25) is 10.1 Å². The number of aromatic nitrogens is 2. The van der Waals surface area contributed by atoms with Gasteiger partial charge in [0, 0.05) is 10.5 Å². The number of thiophene rings is 1. The fourth-order valence-electron chi connectivity index (χ4n) is 1.72. The van der Waals surface area contributed by atoms with Gasteiger partial charge in [0.1, 0.15) is 0 Å². The van der Waals surface area contributed by atoms with Crippen LogP contribution >= 0.6 is 34.7 Å². The summed E-state index contributed by atoms with van der Waals surface area (Å²) in [6, 6.07) is 11.1. The highest BCUT2D eigenvalue weighted by molar-refractivity contribution is 7.98. The van der Waals surface area contributed by atoms with Crippen molar-refractivity contribution in [3.05, 3.63) is 45.6 Å². The van der Waals surface area contributed by atoms with E-state index in [1.807, 2.05) is 30.5 Å². The van der Waals surface area contributed by atoms with Gasteiger partial charge in [0.25, 0.3) is 5.91 Å². The van der Waals surface area contributed by atoms with E-state index in [1.54, 1.807) is 23.9 Å². The number of nitrogens with one attached hydrogen (secondary N) is 1. The molecule has 1 amide bonds. The Kier molecular flexibility index (Phi) is 4.47. The van der Waals surface area contributed by atoms with Crippen molar-refractivity contribution < 1.29 is 9.21 Å². The monoisotopic (exact) mass is 351 g/mol. The van der Waals surface area contributed by atoms with Gasteiger partial charge >= 0.3 is 6.01 Å². The van der Waals surface area contributed by atoms with E-state index in [0.717, 1.165) is 10.5 Å². The highest BCUT2D eigenvalue weighted by Crippen LogP contribution is 2.25. The lowest BCUT2D eigenvalue weighted by Gasteiger charge is -1.98. The maximum Gasteiger partial charge on any atom is 0.322 e. The van der Waals surface area contributed by atoms with E-state index in [0.29, 0.717) is 15.1 Å². The van der Waals surface area contributed by atoms with E-state index >= 15 is 0 Å². The van der Waals surface area contributed by atoms with Crippen LogP contribution in [0.5, 0.6) is 0 Å². The predicted octanol–water partition coefficient (Wildman–Crippen LogP) is 4.43. The summed E-state index contributed by atoms with van der Waals surface area (Å²) in [5.74, 6) is 0.0250. The van der Waals surface area contributed by atoms with Crippen LogP contribution in [-0.2, 0) is 0 Å². The summed E-state index contributed by atoms with van der Waals surface area (Å²) in [5.41, 5.74) is 0.796. The molecule has 0 aliphatic heterocycles. The first-order valence-electron chi connectivity index (χ1n) is 6.20. The number of anilines is 1. The van der Waals surface area contributed by atoms with Crippen molar-refractivity contribution in [1.82, 2.24) is 10.2 Å². The molecule has 0 aliphatic rings. The summed E-state index contributed by atoms with van der Waals surface area (Å²) >= 11 is 8.64. The third kappa shape index (κ3) is 3.32. The second-order valence-electron chi connectivity index (χ2n) is 4.20. The highest BCUT2D eigenvalue weighted by atomic mass is 35.5. The number of benzene rings is 1. The van der Waals surface area contributed by atoms with E-state index in [1.165, 1.54) is 11.3 Å². The molecule has 2 heterocycles. The van der Waals surface area contributed by atoms with Crippen LogP contribution in [-0.4, -0.2) is 22.4 Å². The minimum atomic E-state index is -0.329. The SMILES string of the molecule is CSc1ccc(-c2nnc(NC(=O)c3ccc(Cl)s3)o2)cc1. The van der Waals surface area contributed by atoms with Crippen LogP contribution in [0, 0.1) is 0 Å². The van der Waals surface area contributed by atoms with Crippen molar-refractivity contribution >= 4 is 46.6 Å². The van der Waals surface area contributed by atoms with Gasteiger partial charge in [-0.05, 0) is 42.7 Å². The molecular formula is C14H10ClN3O2S2. The summed E-state index contributed by atoms with van der Waals surface area (Å²) in [6.07, 6.45) is 2.01. The van der Waals surface area contributed by atoms with Crippen LogP contribution in [0.1, 0.15) is 9.67 Å². The molecule has 0 radical (unpaired) electrons. The van der Waals surface area contributed by atoms with Crippen molar-refractivity contribution in [3.8, 4) is 11.5 Å². The van der Waals surface area contributed by atoms with E-state index in [9.17, 15) is 4.79 Å². The molecule has 8 heteroatoms. The Balaban J connectivity index is 1.74. The number of thioether (sulfide) groups is 1. The minimum Gasteiger partial charge on any atom is -0.403 e. The molecule has 112 valence electrons. The number of nitrogens with zero attached hydrogens (tertiary/aromatic N) is 2. The van der Waals surface area contributed by atoms with Crippen molar-refractivity contribution in [3.63, 3.8) is 0 Å². The maximum absolute atomic E-state index is 12.0. The Labute approximate surface area is 139 Å². The summed E-state index contributed by atoms with van der Waals surface area (Å²) < 4.78 is 6.00. The van der Waals surface area contributed by atoms with Crippen molar-refractivity contribution in [2.75, 3.05) is 11.6 Å². The molecule has 0 bridgehead atoms. The Morgan fingerprint density at radius 2 is 2.00 bits per heavy atom. The molecule has 0 unspecified atom stereocenters. The fraction of sp³-hybridized carbons (Fsp3) is 0.0714. The zero-order chi connectivity index (χ0) is 15.5. The number of halogens is 1. The average molecular weight is 352 g/mol. The topological polar surface area (TPSA) is 68.0 Å². The molecule has 3 rings (SSSR count). The van der Waals surface area contributed by atoms with Gasteiger partial charge in [-0.1, -0.05) is 16.7 Å². The van der Waals surface area contributed by atoms with E-state index < -0.39 is 0 Å². The number of carbonyl (C=O) groups is 1. The maximum atomic E-state index is 12.0. The van der Waals surface area contributed by atoms with Gasteiger partial charge in [0.2, 0.25) is 5.89 Å². The van der Waals surface area contributed by atoms with Gasteiger partial charge in [-0.15, -0.1) is 28.2 Å². The average Bonchev–Trinajstić information content (AvgIpc) is 3.16. The molecule has 22 heavy (non-hydrogen) atoms. The Hall–Kier alpha value is -1.83. The first-order valence-corrected chi connectivity index (χ1v) is 8.62. The van der Waals surface area contributed by atoms with Crippen LogP contribution in [0.2, 0.25) is 4.34 Å². The van der Waals surface area contributed by atoms with Crippen LogP contribution in [0.25, 0.3) is 11.5 Å². The highest BCUT2D eigenvalue weighted by Gasteiger charge is 2.14. The molecule has 1 aromatic carbocycles.